The molecule has 1 aliphatic carbocycles. The predicted octanol–water partition coefficient (Wildman–Crippen LogP) is 3.77. The third-order valence-corrected chi connectivity index (χ3v) is 4.37. The number of hydrogen-bond donors (Lipinski definition) is 0. The topological polar surface area (TPSA) is 21.7 Å². The highest BCUT2D eigenvalue weighted by Crippen LogP contribution is 2.35. The molecule has 0 amide bonds. The van der Waals surface area contributed by atoms with Gasteiger partial charge in [-0.05, 0) is 24.5 Å². The van der Waals surface area contributed by atoms with Crippen LogP contribution in [0.4, 0.5) is 0 Å². The van der Waals surface area contributed by atoms with Gasteiger partial charge in [-0.2, -0.15) is 0 Å². The Morgan fingerprint density at radius 2 is 2.10 bits per heavy atom. The molecule has 1 unspecified atom stereocenters. The molecule has 21 heavy (non-hydrogen) atoms. The second-order valence-electron chi connectivity index (χ2n) is 5.88. The second-order valence-corrected chi connectivity index (χ2v) is 5.88. The van der Waals surface area contributed by atoms with Gasteiger partial charge < -0.3 is 14.4 Å². The summed E-state index contributed by atoms with van der Waals surface area (Å²) in [6, 6.07) is 0. The minimum atomic E-state index is 0.401. The monoisotopic (exact) mass is 287 g/mol. The van der Waals surface area contributed by atoms with Gasteiger partial charge in [0.1, 0.15) is 0 Å². The van der Waals surface area contributed by atoms with E-state index < -0.39 is 0 Å². The molecule has 0 aromatic rings. The first kappa shape index (κ1) is 14.5. The van der Waals surface area contributed by atoms with Crippen LogP contribution in [-0.2, 0) is 9.47 Å². The van der Waals surface area contributed by atoms with Crippen molar-refractivity contribution in [3.63, 3.8) is 0 Å². The summed E-state index contributed by atoms with van der Waals surface area (Å²) in [4.78, 5) is 2.29. The van der Waals surface area contributed by atoms with Crippen LogP contribution in [0.2, 0.25) is 0 Å². The van der Waals surface area contributed by atoms with E-state index in [1.165, 1.54) is 36.8 Å². The highest BCUT2D eigenvalue weighted by molar-refractivity contribution is 5.42. The molecule has 0 N–H and O–H groups in total. The largest absolute Gasteiger partial charge is 0.449 e. The third kappa shape index (κ3) is 3.41. The van der Waals surface area contributed by atoms with Crippen LogP contribution in [0.5, 0.6) is 0 Å². The lowest BCUT2D eigenvalue weighted by Gasteiger charge is -2.34. The molecular formula is C18H25NO2. The van der Waals surface area contributed by atoms with Gasteiger partial charge in [0, 0.05) is 19.0 Å². The normalized spacial score (nSPS) is 24.7. The summed E-state index contributed by atoms with van der Waals surface area (Å²) in [7, 11) is 0. The molecule has 1 atom stereocenters. The lowest BCUT2D eigenvalue weighted by molar-refractivity contribution is 0.0270. The minimum Gasteiger partial charge on any atom is -0.449 e. The first-order valence-corrected chi connectivity index (χ1v) is 8.17. The molecular weight excluding hydrogens is 262 g/mol. The van der Waals surface area contributed by atoms with Crippen molar-refractivity contribution < 1.29 is 9.47 Å². The SMILES string of the molecule is CCCCCC1=CC=CC2=COC(N3CCOCC3)=CC21. The Labute approximate surface area is 127 Å². The quantitative estimate of drug-likeness (QED) is 0.719. The summed E-state index contributed by atoms with van der Waals surface area (Å²) >= 11 is 0. The van der Waals surface area contributed by atoms with Gasteiger partial charge in [0.25, 0.3) is 0 Å². The fourth-order valence-corrected chi connectivity index (χ4v) is 3.11. The zero-order valence-corrected chi connectivity index (χ0v) is 12.9. The van der Waals surface area contributed by atoms with Crippen molar-refractivity contribution in [3.05, 3.63) is 47.6 Å². The third-order valence-electron chi connectivity index (χ3n) is 4.37. The van der Waals surface area contributed by atoms with E-state index in [0.717, 1.165) is 32.2 Å². The van der Waals surface area contributed by atoms with E-state index in [-0.39, 0.29) is 0 Å². The molecule has 3 aliphatic rings. The van der Waals surface area contributed by atoms with Gasteiger partial charge in [-0.15, -0.1) is 0 Å². The first-order valence-electron chi connectivity index (χ1n) is 8.17. The van der Waals surface area contributed by atoms with Crippen LogP contribution in [0, 0.1) is 5.92 Å². The zero-order valence-electron chi connectivity index (χ0n) is 12.9. The summed E-state index contributed by atoms with van der Waals surface area (Å²) in [6.07, 6.45) is 15.9. The van der Waals surface area contributed by atoms with Gasteiger partial charge in [-0.25, -0.2) is 0 Å². The van der Waals surface area contributed by atoms with Gasteiger partial charge in [0.15, 0.2) is 5.88 Å². The van der Waals surface area contributed by atoms with Gasteiger partial charge in [0.05, 0.1) is 19.5 Å². The molecule has 1 fully saturated rings. The predicted molar refractivity (Wildman–Crippen MR) is 84.5 cm³/mol. The van der Waals surface area contributed by atoms with Crippen LogP contribution in [0.15, 0.2) is 47.6 Å². The average molecular weight is 287 g/mol. The van der Waals surface area contributed by atoms with Gasteiger partial charge >= 0.3 is 0 Å². The van der Waals surface area contributed by atoms with Crippen LogP contribution in [0.1, 0.15) is 32.6 Å². The molecule has 2 heterocycles. The van der Waals surface area contributed by atoms with Crippen molar-refractivity contribution in [1.29, 1.82) is 0 Å². The summed E-state index contributed by atoms with van der Waals surface area (Å²) < 4.78 is 11.3. The summed E-state index contributed by atoms with van der Waals surface area (Å²) in [5.41, 5.74) is 2.80. The highest BCUT2D eigenvalue weighted by Gasteiger charge is 2.25. The lowest BCUT2D eigenvalue weighted by atomic mass is 9.84. The fourth-order valence-electron chi connectivity index (χ4n) is 3.11. The van der Waals surface area contributed by atoms with Crippen molar-refractivity contribution in [2.75, 3.05) is 26.3 Å². The Kier molecular flexibility index (Phi) is 4.81. The van der Waals surface area contributed by atoms with Crippen molar-refractivity contribution in [2.45, 2.75) is 32.6 Å². The smallest absolute Gasteiger partial charge is 0.192 e. The van der Waals surface area contributed by atoms with Crippen LogP contribution in [0.3, 0.4) is 0 Å². The molecule has 1 saturated heterocycles. The van der Waals surface area contributed by atoms with Crippen molar-refractivity contribution >= 4 is 0 Å². The van der Waals surface area contributed by atoms with E-state index in [1.807, 2.05) is 6.26 Å². The number of ether oxygens (including phenoxy) is 2. The van der Waals surface area contributed by atoms with Gasteiger partial charge in [0.2, 0.25) is 0 Å². The first-order chi connectivity index (χ1) is 10.4. The molecule has 0 aromatic carbocycles. The van der Waals surface area contributed by atoms with Crippen LogP contribution in [-0.4, -0.2) is 31.2 Å². The Morgan fingerprint density at radius 1 is 1.24 bits per heavy atom. The van der Waals surface area contributed by atoms with Crippen molar-refractivity contribution in [2.24, 2.45) is 5.92 Å². The second kappa shape index (κ2) is 6.99. The van der Waals surface area contributed by atoms with E-state index in [0.29, 0.717) is 5.92 Å². The molecule has 0 spiro atoms. The summed E-state index contributed by atoms with van der Waals surface area (Å²) in [5, 5.41) is 0. The van der Waals surface area contributed by atoms with Crippen LogP contribution in [0.25, 0.3) is 0 Å². The number of allylic oxidation sites excluding steroid dienone is 6. The lowest BCUT2D eigenvalue weighted by Crippen LogP contribution is -2.37. The van der Waals surface area contributed by atoms with Gasteiger partial charge in [-0.3, -0.25) is 0 Å². The van der Waals surface area contributed by atoms with Crippen LogP contribution < -0.4 is 0 Å². The van der Waals surface area contributed by atoms with Gasteiger partial charge in [-0.1, -0.05) is 43.6 Å². The Bertz CT molecular complexity index is 481. The average Bonchev–Trinajstić information content (AvgIpc) is 2.56. The number of morpholine rings is 1. The van der Waals surface area contributed by atoms with E-state index in [2.05, 4.69) is 36.1 Å². The molecule has 0 radical (unpaired) electrons. The highest BCUT2D eigenvalue weighted by atomic mass is 16.5. The maximum Gasteiger partial charge on any atom is 0.192 e. The fraction of sp³-hybridized carbons (Fsp3) is 0.556. The number of nitrogens with zero attached hydrogens (tertiary/aromatic N) is 1. The standard InChI is InChI=1S/C18H25NO2/c1-2-3-4-6-15-7-5-8-16-14-21-18(13-17(15)16)19-9-11-20-12-10-19/h5,7-8,13-14,17H,2-4,6,9-12H2,1H3. The minimum absolute atomic E-state index is 0.401. The summed E-state index contributed by atoms with van der Waals surface area (Å²) in [5.74, 6) is 1.40. The van der Waals surface area contributed by atoms with E-state index in [1.54, 1.807) is 0 Å². The van der Waals surface area contributed by atoms with Crippen molar-refractivity contribution in [1.82, 2.24) is 4.90 Å². The molecule has 0 bridgehead atoms. The van der Waals surface area contributed by atoms with Crippen molar-refractivity contribution in [3.8, 4) is 0 Å². The van der Waals surface area contributed by atoms with E-state index in [4.69, 9.17) is 9.47 Å². The number of rotatable bonds is 5. The zero-order chi connectivity index (χ0) is 14.5. The molecule has 114 valence electrons. The number of hydrogen-bond acceptors (Lipinski definition) is 3. The molecule has 0 aromatic heterocycles. The van der Waals surface area contributed by atoms with Crippen LogP contribution >= 0.6 is 0 Å². The van der Waals surface area contributed by atoms with E-state index in [9.17, 15) is 0 Å². The number of unbranched alkanes of at least 4 members (excludes halogenated alkanes) is 2. The summed E-state index contributed by atoms with van der Waals surface area (Å²) in [6.45, 7) is 5.69. The molecule has 3 heteroatoms. The Hall–Kier alpha value is -1.48. The molecule has 3 rings (SSSR count). The maximum atomic E-state index is 5.85. The Morgan fingerprint density at radius 3 is 2.90 bits per heavy atom. The molecule has 3 nitrogen and oxygen atoms in total. The molecule has 2 aliphatic heterocycles. The van der Waals surface area contributed by atoms with E-state index >= 15 is 0 Å². The molecule has 0 saturated carbocycles. The number of fused-ring (bicyclic) bond motifs is 1. The maximum absolute atomic E-state index is 5.85. The Balaban J connectivity index is 1.71.